The van der Waals surface area contributed by atoms with Crippen LogP contribution in [0, 0.1) is 5.82 Å². The second-order valence-electron chi connectivity index (χ2n) is 9.88. The largest absolute Gasteiger partial charge is 0.455 e. The number of rotatable bonds is 6. The molecular formula is C32H25FN2O5S2. The zero-order chi connectivity index (χ0) is 29.8. The van der Waals surface area contributed by atoms with Crippen molar-refractivity contribution in [3.63, 3.8) is 0 Å². The maximum Gasteiger partial charge on any atom is 0.255 e. The molecule has 0 aliphatic carbocycles. The molecule has 4 aromatic carbocycles. The van der Waals surface area contributed by atoms with Gasteiger partial charge in [0.15, 0.2) is 0 Å². The minimum atomic E-state index is -3.70. The normalized spacial score (nSPS) is 14.5. The highest BCUT2D eigenvalue weighted by atomic mass is 32.2. The van der Waals surface area contributed by atoms with Gasteiger partial charge in [-0.15, -0.1) is 0 Å². The van der Waals surface area contributed by atoms with Crippen LogP contribution >= 0.6 is 0 Å². The summed E-state index contributed by atoms with van der Waals surface area (Å²) in [6.45, 7) is 0. The minimum Gasteiger partial charge on any atom is -0.455 e. The van der Waals surface area contributed by atoms with Crippen molar-refractivity contribution in [1.82, 2.24) is 5.32 Å². The van der Waals surface area contributed by atoms with Crippen molar-refractivity contribution in [2.75, 3.05) is 24.7 Å². The van der Waals surface area contributed by atoms with E-state index in [0.717, 1.165) is 26.6 Å². The third-order valence-corrected chi connectivity index (χ3v) is 9.98. The second kappa shape index (κ2) is 10.4. The van der Waals surface area contributed by atoms with E-state index in [9.17, 15) is 21.8 Å². The van der Waals surface area contributed by atoms with Crippen LogP contribution in [-0.4, -0.2) is 38.9 Å². The highest BCUT2D eigenvalue weighted by molar-refractivity contribution is 7.95. The molecule has 0 saturated heterocycles. The van der Waals surface area contributed by atoms with E-state index in [-0.39, 0.29) is 16.9 Å². The van der Waals surface area contributed by atoms with Gasteiger partial charge < -0.3 is 9.73 Å². The third-order valence-electron chi connectivity index (χ3n) is 7.27. The Labute approximate surface area is 244 Å². The Balaban J connectivity index is 1.59. The summed E-state index contributed by atoms with van der Waals surface area (Å²) in [5, 5.41) is 3.10. The van der Waals surface area contributed by atoms with Crippen molar-refractivity contribution in [2.45, 2.75) is 4.90 Å². The van der Waals surface area contributed by atoms with E-state index in [0.29, 0.717) is 32.7 Å². The molecule has 0 spiro atoms. The van der Waals surface area contributed by atoms with Gasteiger partial charge in [0.25, 0.3) is 5.91 Å². The van der Waals surface area contributed by atoms with Crippen LogP contribution in [0.1, 0.15) is 21.5 Å². The number of amides is 1. The zero-order valence-electron chi connectivity index (χ0n) is 22.8. The van der Waals surface area contributed by atoms with Gasteiger partial charge in [0.05, 0.1) is 38.1 Å². The molecule has 5 aromatic rings. The highest BCUT2D eigenvalue weighted by Crippen LogP contribution is 2.43. The third kappa shape index (κ3) is 4.72. The fourth-order valence-corrected chi connectivity index (χ4v) is 6.93. The molecule has 2 heterocycles. The van der Waals surface area contributed by atoms with Gasteiger partial charge in [-0.25, -0.2) is 17.0 Å². The van der Waals surface area contributed by atoms with Crippen LogP contribution in [0.15, 0.2) is 94.2 Å². The first-order valence-corrected chi connectivity index (χ1v) is 15.9. The van der Waals surface area contributed by atoms with Gasteiger partial charge in [-0.1, -0.05) is 36.4 Å². The maximum absolute atomic E-state index is 13.7. The molecule has 1 N–H and O–H groups in total. The number of halogens is 1. The van der Waals surface area contributed by atoms with Crippen molar-refractivity contribution in [3.05, 3.63) is 107 Å². The lowest BCUT2D eigenvalue weighted by Gasteiger charge is -2.21. The maximum atomic E-state index is 13.7. The van der Waals surface area contributed by atoms with Crippen LogP contribution < -0.4 is 9.62 Å². The van der Waals surface area contributed by atoms with Gasteiger partial charge >= 0.3 is 0 Å². The molecule has 1 aliphatic rings. The summed E-state index contributed by atoms with van der Waals surface area (Å²) in [6, 6.07) is 23.7. The predicted molar refractivity (Wildman–Crippen MR) is 164 cm³/mol. The first kappa shape index (κ1) is 27.6. The number of nitrogens with zero attached hydrogens (tertiary/aromatic N) is 1. The molecule has 7 nitrogen and oxygen atoms in total. The van der Waals surface area contributed by atoms with E-state index in [2.05, 4.69) is 5.32 Å². The summed E-state index contributed by atoms with van der Waals surface area (Å²) in [5.41, 5.74) is 4.13. The molecule has 212 valence electrons. The molecule has 0 fully saturated rings. The Morgan fingerprint density at radius 2 is 1.64 bits per heavy atom. The van der Waals surface area contributed by atoms with Crippen molar-refractivity contribution < 1.29 is 26.2 Å². The van der Waals surface area contributed by atoms with Crippen LogP contribution in [0.2, 0.25) is 0 Å². The molecule has 0 bridgehead atoms. The van der Waals surface area contributed by atoms with Crippen LogP contribution in [0.25, 0.3) is 44.4 Å². The van der Waals surface area contributed by atoms with Crippen LogP contribution in [0.5, 0.6) is 0 Å². The second-order valence-corrected chi connectivity index (χ2v) is 13.3. The number of sulfonamides is 1. The smallest absolute Gasteiger partial charge is 0.255 e. The Morgan fingerprint density at radius 3 is 2.33 bits per heavy atom. The summed E-state index contributed by atoms with van der Waals surface area (Å²) in [6.07, 6.45) is 3.00. The Morgan fingerprint density at radius 1 is 0.929 bits per heavy atom. The number of hydrogen-bond donors (Lipinski definition) is 1. The molecule has 1 aliphatic heterocycles. The summed E-state index contributed by atoms with van der Waals surface area (Å²) in [5.74, 6) is -0.620. The fourth-order valence-electron chi connectivity index (χ4n) is 5.07. The Hall–Kier alpha value is -4.54. The molecule has 1 aromatic heterocycles. The van der Waals surface area contributed by atoms with Gasteiger partial charge in [-0.05, 0) is 65.2 Å². The monoisotopic (exact) mass is 600 g/mol. The van der Waals surface area contributed by atoms with Crippen molar-refractivity contribution in [1.29, 1.82) is 0 Å². The van der Waals surface area contributed by atoms with Crippen LogP contribution in [0.3, 0.4) is 0 Å². The lowest BCUT2D eigenvalue weighted by Crippen LogP contribution is -2.25. The Kier molecular flexibility index (Phi) is 6.83. The first-order chi connectivity index (χ1) is 20.1. The quantitative estimate of drug-likeness (QED) is 0.248. The van der Waals surface area contributed by atoms with Crippen molar-refractivity contribution >= 4 is 54.4 Å². The van der Waals surface area contributed by atoms with E-state index in [1.165, 1.54) is 38.4 Å². The lowest BCUT2D eigenvalue weighted by atomic mass is 9.97. The summed E-state index contributed by atoms with van der Waals surface area (Å²) in [7, 11) is -2.13. The van der Waals surface area contributed by atoms with E-state index < -0.39 is 32.5 Å². The van der Waals surface area contributed by atoms with E-state index in [1.54, 1.807) is 12.1 Å². The van der Waals surface area contributed by atoms with Gasteiger partial charge in [-0.2, -0.15) is 0 Å². The Bertz CT molecular complexity index is 2060. The number of benzene rings is 4. The lowest BCUT2D eigenvalue weighted by molar-refractivity contribution is 0.0964. The molecule has 0 radical (unpaired) electrons. The van der Waals surface area contributed by atoms with E-state index in [1.807, 2.05) is 54.6 Å². The average molecular weight is 601 g/mol. The van der Waals surface area contributed by atoms with Crippen molar-refractivity contribution in [2.24, 2.45) is 0 Å². The standard InChI is InChI=1S/C32H25FN2O5S2/c1-34-32(36)30-25-17-24(20-8-6-9-21(15-20)29-16-22-7-4-5-10-28(22)41(29)37)26(35(2)42(3,38)39)18-27(25)40-31(30)19-11-13-23(33)14-12-19/h4-18H,1-3H3,(H,34,36). The summed E-state index contributed by atoms with van der Waals surface area (Å²) < 4.78 is 59.7. The molecule has 42 heavy (non-hydrogen) atoms. The van der Waals surface area contributed by atoms with Crippen LogP contribution in [0.4, 0.5) is 10.1 Å². The minimum absolute atomic E-state index is 0.229. The highest BCUT2D eigenvalue weighted by Gasteiger charge is 2.27. The number of carbonyl (C=O) groups excluding carboxylic acids is 1. The number of carbonyl (C=O) groups is 1. The van der Waals surface area contributed by atoms with Gasteiger partial charge in [0.1, 0.15) is 17.2 Å². The van der Waals surface area contributed by atoms with E-state index in [4.69, 9.17) is 4.42 Å². The van der Waals surface area contributed by atoms with Gasteiger partial charge in [0, 0.05) is 36.7 Å². The SMILES string of the molecule is CNC(=O)c1c(-c2ccc(F)cc2)oc2cc(N(C)S(C)(=O)=O)c(-c3cccc(C4=Cc5ccccc5S4=O)c3)cc12. The molecule has 6 rings (SSSR count). The first-order valence-electron chi connectivity index (χ1n) is 12.9. The van der Waals surface area contributed by atoms with Gasteiger partial charge in [-0.3, -0.25) is 9.10 Å². The zero-order valence-corrected chi connectivity index (χ0v) is 24.5. The summed E-state index contributed by atoms with van der Waals surface area (Å²) in [4.78, 5) is 14.5. The number of hydrogen-bond acceptors (Lipinski definition) is 5. The molecular weight excluding hydrogens is 575 g/mol. The topological polar surface area (TPSA) is 96.7 Å². The van der Waals surface area contributed by atoms with Crippen LogP contribution in [-0.2, 0) is 20.8 Å². The molecule has 1 atom stereocenters. The number of nitrogens with one attached hydrogen (secondary N) is 1. The van der Waals surface area contributed by atoms with Crippen molar-refractivity contribution in [3.8, 4) is 22.5 Å². The molecule has 10 heteroatoms. The number of anilines is 1. The van der Waals surface area contributed by atoms with Gasteiger partial charge in [0.2, 0.25) is 10.0 Å². The fraction of sp³-hybridized carbons (Fsp3) is 0.0938. The summed E-state index contributed by atoms with van der Waals surface area (Å²) >= 11 is 0. The number of furan rings is 1. The number of fused-ring (bicyclic) bond motifs is 2. The van der Waals surface area contributed by atoms with E-state index >= 15 is 0 Å². The molecule has 0 saturated carbocycles. The average Bonchev–Trinajstić information content (AvgIpc) is 3.53. The molecule has 1 amide bonds. The predicted octanol–water partition coefficient (Wildman–Crippen LogP) is 6.28. The molecule has 1 unspecified atom stereocenters.